The Balaban J connectivity index is 2.31. The van der Waals surface area contributed by atoms with Crippen molar-refractivity contribution in [1.82, 2.24) is 10.2 Å². The standard InChI is InChI=1S/C16H26N2O/c1-12(2)13-5-6-16(19-4)15(9-13)14-10-17-7-8-18(3)11-14/h5-6,9,12,14,17H,7-8,10-11H2,1-4H3. The van der Waals surface area contributed by atoms with Crippen LogP contribution >= 0.6 is 0 Å². The van der Waals surface area contributed by atoms with Gasteiger partial charge in [0.15, 0.2) is 0 Å². The van der Waals surface area contributed by atoms with Crippen molar-refractivity contribution in [3.8, 4) is 5.75 Å². The molecule has 1 atom stereocenters. The van der Waals surface area contributed by atoms with E-state index >= 15 is 0 Å². The van der Waals surface area contributed by atoms with Crippen LogP contribution in [-0.2, 0) is 0 Å². The number of ether oxygens (including phenoxy) is 1. The van der Waals surface area contributed by atoms with Crippen LogP contribution in [0.25, 0.3) is 0 Å². The lowest BCUT2D eigenvalue weighted by Gasteiger charge is -2.23. The van der Waals surface area contributed by atoms with Crippen molar-refractivity contribution in [2.75, 3.05) is 40.3 Å². The molecule has 1 aliphatic rings. The number of hydrogen-bond donors (Lipinski definition) is 1. The maximum Gasteiger partial charge on any atom is 0.122 e. The Morgan fingerprint density at radius 1 is 1.37 bits per heavy atom. The quantitative estimate of drug-likeness (QED) is 0.905. The van der Waals surface area contributed by atoms with Crippen molar-refractivity contribution in [3.05, 3.63) is 29.3 Å². The first-order chi connectivity index (χ1) is 9.11. The highest BCUT2D eigenvalue weighted by atomic mass is 16.5. The fourth-order valence-electron chi connectivity index (χ4n) is 2.72. The van der Waals surface area contributed by atoms with Crippen LogP contribution in [0.5, 0.6) is 5.75 Å². The third-order valence-corrected chi connectivity index (χ3v) is 3.95. The van der Waals surface area contributed by atoms with Crippen molar-refractivity contribution < 1.29 is 4.74 Å². The number of hydrogen-bond acceptors (Lipinski definition) is 3. The predicted octanol–water partition coefficient (Wildman–Crippen LogP) is 2.44. The second-order valence-corrected chi connectivity index (χ2v) is 5.82. The lowest BCUT2D eigenvalue weighted by molar-refractivity contribution is 0.336. The van der Waals surface area contributed by atoms with E-state index in [0.29, 0.717) is 11.8 Å². The second-order valence-electron chi connectivity index (χ2n) is 5.82. The molecule has 0 radical (unpaired) electrons. The van der Waals surface area contributed by atoms with Crippen LogP contribution in [0.2, 0.25) is 0 Å². The van der Waals surface area contributed by atoms with E-state index in [1.54, 1.807) is 7.11 Å². The van der Waals surface area contributed by atoms with Crippen LogP contribution in [0.1, 0.15) is 36.8 Å². The van der Waals surface area contributed by atoms with Gasteiger partial charge < -0.3 is 15.0 Å². The summed E-state index contributed by atoms with van der Waals surface area (Å²) in [7, 11) is 3.96. The number of benzene rings is 1. The summed E-state index contributed by atoms with van der Waals surface area (Å²) in [5.74, 6) is 2.08. The minimum Gasteiger partial charge on any atom is -0.496 e. The highest BCUT2D eigenvalue weighted by molar-refractivity contribution is 5.41. The first-order valence-corrected chi connectivity index (χ1v) is 7.19. The fraction of sp³-hybridized carbons (Fsp3) is 0.625. The van der Waals surface area contributed by atoms with Gasteiger partial charge in [0.25, 0.3) is 0 Å². The summed E-state index contributed by atoms with van der Waals surface area (Å²) in [6.07, 6.45) is 0. The van der Waals surface area contributed by atoms with Gasteiger partial charge in [-0.1, -0.05) is 26.0 Å². The van der Waals surface area contributed by atoms with Crippen LogP contribution in [0.4, 0.5) is 0 Å². The highest BCUT2D eigenvalue weighted by Crippen LogP contribution is 2.31. The van der Waals surface area contributed by atoms with Gasteiger partial charge in [-0.15, -0.1) is 0 Å². The minimum atomic E-state index is 0.501. The average Bonchev–Trinajstić information content (AvgIpc) is 2.62. The van der Waals surface area contributed by atoms with Crippen LogP contribution in [-0.4, -0.2) is 45.2 Å². The summed E-state index contributed by atoms with van der Waals surface area (Å²) < 4.78 is 5.56. The maximum atomic E-state index is 5.56. The van der Waals surface area contributed by atoms with Gasteiger partial charge in [0.1, 0.15) is 5.75 Å². The van der Waals surface area contributed by atoms with Gasteiger partial charge in [-0.3, -0.25) is 0 Å². The molecular weight excluding hydrogens is 236 g/mol. The molecule has 2 rings (SSSR count). The third-order valence-electron chi connectivity index (χ3n) is 3.95. The normalized spacial score (nSPS) is 21.4. The van der Waals surface area contributed by atoms with Crippen molar-refractivity contribution in [3.63, 3.8) is 0 Å². The summed E-state index contributed by atoms with van der Waals surface area (Å²) in [6, 6.07) is 6.63. The molecule has 0 spiro atoms. The zero-order valence-electron chi connectivity index (χ0n) is 12.6. The first kappa shape index (κ1) is 14.4. The molecule has 0 bridgehead atoms. The van der Waals surface area contributed by atoms with Gasteiger partial charge in [0, 0.05) is 37.7 Å². The topological polar surface area (TPSA) is 24.5 Å². The lowest BCUT2D eigenvalue weighted by atomic mass is 9.92. The molecular formula is C16H26N2O. The van der Waals surface area contributed by atoms with Crippen LogP contribution in [0, 0.1) is 0 Å². The van der Waals surface area contributed by atoms with E-state index in [-0.39, 0.29) is 0 Å². The molecule has 1 unspecified atom stereocenters. The Morgan fingerprint density at radius 2 is 2.16 bits per heavy atom. The van der Waals surface area contributed by atoms with Crippen molar-refractivity contribution in [2.45, 2.75) is 25.7 Å². The van der Waals surface area contributed by atoms with Gasteiger partial charge in [-0.25, -0.2) is 0 Å². The average molecular weight is 262 g/mol. The zero-order valence-corrected chi connectivity index (χ0v) is 12.6. The van der Waals surface area contributed by atoms with Gasteiger partial charge in [0.05, 0.1) is 7.11 Å². The molecule has 1 aromatic carbocycles. The third kappa shape index (κ3) is 3.48. The van der Waals surface area contributed by atoms with Crippen molar-refractivity contribution in [2.24, 2.45) is 0 Å². The van der Waals surface area contributed by atoms with E-state index in [0.717, 1.165) is 31.9 Å². The molecule has 1 aromatic rings. The van der Waals surface area contributed by atoms with Gasteiger partial charge in [-0.05, 0) is 24.6 Å². The smallest absolute Gasteiger partial charge is 0.122 e. The molecule has 0 aromatic heterocycles. The first-order valence-electron chi connectivity index (χ1n) is 7.19. The molecule has 1 aliphatic heterocycles. The molecule has 1 heterocycles. The summed E-state index contributed by atoms with van der Waals surface area (Å²) in [4.78, 5) is 2.39. The lowest BCUT2D eigenvalue weighted by Crippen LogP contribution is -2.25. The Morgan fingerprint density at radius 3 is 2.84 bits per heavy atom. The Hall–Kier alpha value is -1.06. The van der Waals surface area contributed by atoms with Crippen LogP contribution < -0.4 is 10.1 Å². The second kappa shape index (κ2) is 6.40. The summed E-state index contributed by atoms with van der Waals surface area (Å²) >= 11 is 0. The van der Waals surface area contributed by atoms with Gasteiger partial charge in [0.2, 0.25) is 0 Å². The predicted molar refractivity (Wildman–Crippen MR) is 80.2 cm³/mol. The molecule has 1 N–H and O–H groups in total. The molecule has 106 valence electrons. The SMILES string of the molecule is COc1ccc(C(C)C)cc1C1CNCCN(C)C1. The zero-order chi connectivity index (χ0) is 13.8. The van der Waals surface area contributed by atoms with E-state index in [2.05, 4.69) is 49.3 Å². The molecule has 19 heavy (non-hydrogen) atoms. The number of rotatable bonds is 3. The van der Waals surface area contributed by atoms with E-state index in [1.165, 1.54) is 11.1 Å². The number of nitrogens with one attached hydrogen (secondary N) is 1. The molecule has 1 fully saturated rings. The Labute approximate surface area is 116 Å². The number of nitrogens with zero attached hydrogens (tertiary/aromatic N) is 1. The molecule has 0 amide bonds. The summed E-state index contributed by atoms with van der Waals surface area (Å²) in [5, 5.41) is 3.53. The van der Waals surface area contributed by atoms with Crippen LogP contribution in [0.3, 0.4) is 0 Å². The fourth-order valence-corrected chi connectivity index (χ4v) is 2.72. The molecule has 0 saturated carbocycles. The maximum absolute atomic E-state index is 5.56. The van der Waals surface area contributed by atoms with Crippen molar-refractivity contribution in [1.29, 1.82) is 0 Å². The number of methoxy groups -OCH3 is 1. The summed E-state index contributed by atoms with van der Waals surface area (Å²) in [6.45, 7) is 8.78. The number of likely N-dealkylation sites (N-methyl/N-ethyl adjacent to an activating group) is 1. The molecule has 0 aliphatic carbocycles. The Bertz CT molecular complexity index is 417. The van der Waals surface area contributed by atoms with E-state index < -0.39 is 0 Å². The largest absolute Gasteiger partial charge is 0.496 e. The Kier molecular flexibility index (Phi) is 4.83. The van der Waals surface area contributed by atoms with E-state index in [4.69, 9.17) is 4.74 Å². The molecule has 1 saturated heterocycles. The molecule has 3 nitrogen and oxygen atoms in total. The summed E-state index contributed by atoms with van der Waals surface area (Å²) in [5.41, 5.74) is 2.73. The van der Waals surface area contributed by atoms with Crippen molar-refractivity contribution >= 4 is 0 Å². The van der Waals surface area contributed by atoms with E-state index in [1.807, 2.05) is 0 Å². The van der Waals surface area contributed by atoms with Crippen LogP contribution in [0.15, 0.2) is 18.2 Å². The van der Waals surface area contributed by atoms with Gasteiger partial charge in [-0.2, -0.15) is 0 Å². The monoisotopic (exact) mass is 262 g/mol. The molecule has 3 heteroatoms. The minimum absolute atomic E-state index is 0.501. The highest BCUT2D eigenvalue weighted by Gasteiger charge is 2.21. The van der Waals surface area contributed by atoms with Gasteiger partial charge >= 0.3 is 0 Å². The van der Waals surface area contributed by atoms with E-state index in [9.17, 15) is 0 Å².